The third kappa shape index (κ3) is 5.47. The molecule has 0 aliphatic carbocycles. The van der Waals surface area contributed by atoms with Crippen molar-refractivity contribution in [2.75, 3.05) is 31.5 Å². The van der Waals surface area contributed by atoms with E-state index < -0.39 is 21.9 Å². The summed E-state index contributed by atoms with van der Waals surface area (Å²) in [7, 11) is -2.35. The van der Waals surface area contributed by atoms with Crippen LogP contribution in [0.25, 0.3) is 10.9 Å². The second-order valence-electron chi connectivity index (χ2n) is 7.31. The number of fused-ring (bicyclic) bond motifs is 1. The van der Waals surface area contributed by atoms with E-state index in [1.165, 1.54) is 34.9 Å². The molecule has 1 atom stereocenters. The van der Waals surface area contributed by atoms with Crippen LogP contribution in [0.5, 0.6) is 11.6 Å². The Balaban J connectivity index is 1.28. The number of aromatic amines is 1. The van der Waals surface area contributed by atoms with Crippen molar-refractivity contribution >= 4 is 38.0 Å². The highest BCUT2D eigenvalue weighted by molar-refractivity contribution is 7.92. The van der Waals surface area contributed by atoms with Gasteiger partial charge in [0.1, 0.15) is 18.2 Å². The maximum absolute atomic E-state index is 14.2. The number of ether oxygens (including phenoxy) is 2. The average Bonchev–Trinajstić information content (AvgIpc) is 3.50. The monoisotopic (exact) mass is 506 g/mol. The number of H-pyrrole nitrogens is 1. The molecule has 34 heavy (non-hydrogen) atoms. The van der Waals surface area contributed by atoms with E-state index in [4.69, 9.17) is 9.47 Å². The Morgan fingerprint density at radius 1 is 1.24 bits per heavy atom. The van der Waals surface area contributed by atoms with E-state index in [-0.39, 0.29) is 17.1 Å². The Hall–Kier alpha value is -3.19. The molecule has 0 aliphatic rings. The highest BCUT2D eigenvalue weighted by atomic mass is 32.2. The number of aliphatic hydroxyl groups excluding tert-OH is 1. The lowest BCUT2D eigenvalue weighted by Crippen LogP contribution is -2.26. The number of rotatable bonds is 11. The highest BCUT2D eigenvalue weighted by Crippen LogP contribution is 2.26. The van der Waals surface area contributed by atoms with Crippen LogP contribution in [0.1, 0.15) is 11.7 Å². The molecule has 2 heterocycles. The molecule has 4 rings (SSSR count). The molecular weight excluding hydrogens is 483 g/mol. The molecule has 180 valence electrons. The second kappa shape index (κ2) is 10.4. The third-order valence-corrected chi connectivity index (χ3v) is 7.20. The zero-order valence-corrected chi connectivity index (χ0v) is 19.7. The van der Waals surface area contributed by atoms with E-state index in [1.54, 1.807) is 12.5 Å². The quantitative estimate of drug-likeness (QED) is 0.230. The van der Waals surface area contributed by atoms with Gasteiger partial charge in [-0.25, -0.2) is 12.8 Å². The number of methoxy groups -OCH3 is 1. The topological polar surface area (TPSA) is 126 Å². The van der Waals surface area contributed by atoms with E-state index in [1.807, 2.05) is 18.2 Å². The van der Waals surface area contributed by atoms with Gasteiger partial charge in [-0.05, 0) is 41.3 Å². The summed E-state index contributed by atoms with van der Waals surface area (Å²) < 4.78 is 52.0. The number of hydrogen-bond donors (Lipinski definition) is 4. The summed E-state index contributed by atoms with van der Waals surface area (Å²) in [5.74, 6) is 0.436. The van der Waals surface area contributed by atoms with Gasteiger partial charge in [0.2, 0.25) is 5.88 Å². The molecule has 4 N–H and O–H groups in total. The fourth-order valence-corrected chi connectivity index (χ4v) is 5.34. The average molecular weight is 507 g/mol. The summed E-state index contributed by atoms with van der Waals surface area (Å²) in [5, 5.41) is 24.4. The van der Waals surface area contributed by atoms with Crippen molar-refractivity contribution in [3.63, 3.8) is 0 Å². The predicted molar refractivity (Wildman–Crippen MR) is 127 cm³/mol. The smallest absolute Gasteiger partial charge is 0.262 e. The molecule has 0 amide bonds. The Kier molecular flexibility index (Phi) is 7.32. The van der Waals surface area contributed by atoms with Gasteiger partial charge in [-0.2, -0.15) is 11.3 Å². The molecular formula is C22H23FN4O5S2. The summed E-state index contributed by atoms with van der Waals surface area (Å²) in [6.45, 7) is 0.960. The number of nitrogens with one attached hydrogen (secondary N) is 3. The van der Waals surface area contributed by atoms with Crippen molar-refractivity contribution in [3.8, 4) is 11.6 Å². The number of aromatic nitrogens is 2. The van der Waals surface area contributed by atoms with Crippen LogP contribution in [0.3, 0.4) is 0 Å². The Morgan fingerprint density at radius 2 is 2.09 bits per heavy atom. The molecule has 0 saturated heterocycles. The minimum Gasteiger partial charge on any atom is -0.492 e. The van der Waals surface area contributed by atoms with Gasteiger partial charge in [0.15, 0.2) is 0 Å². The molecule has 0 fully saturated rings. The van der Waals surface area contributed by atoms with Crippen molar-refractivity contribution in [2.45, 2.75) is 11.0 Å². The van der Waals surface area contributed by atoms with Crippen LogP contribution in [0.4, 0.5) is 10.1 Å². The summed E-state index contributed by atoms with van der Waals surface area (Å²) in [4.78, 5) is 0.0512. The van der Waals surface area contributed by atoms with E-state index >= 15 is 0 Å². The summed E-state index contributed by atoms with van der Waals surface area (Å²) in [6.07, 6.45) is -0.973. The van der Waals surface area contributed by atoms with Crippen molar-refractivity contribution < 1.29 is 27.4 Å². The molecule has 9 nitrogen and oxygen atoms in total. The van der Waals surface area contributed by atoms with Crippen LogP contribution in [0, 0.1) is 5.82 Å². The highest BCUT2D eigenvalue weighted by Gasteiger charge is 2.18. The van der Waals surface area contributed by atoms with E-state index in [2.05, 4.69) is 20.2 Å². The SMILES string of the molecule is COc1n[nH]c2cc(OCCNC[C@H](O)c3ccc(F)c(NS(=O)(=O)c4ccsc4)c3)ccc12. The molecule has 2 aromatic carbocycles. The van der Waals surface area contributed by atoms with Crippen LogP contribution in [0.2, 0.25) is 0 Å². The van der Waals surface area contributed by atoms with Crippen LogP contribution >= 0.6 is 11.3 Å². The minimum absolute atomic E-state index is 0.0512. The van der Waals surface area contributed by atoms with Crippen LogP contribution in [-0.4, -0.2) is 50.5 Å². The molecule has 0 unspecified atom stereocenters. The fraction of sp³-hybridized carbons (Fsp3) is 0.227. The Bertz CT molecular complexity index is 1360. The van der Waals surface area contributed by atoms with E-state index in [0.29, 0.717) is 30.3 Å². The van der Waals surface area contributed by atoms with Gasteiger partial charge in [0.25, 0.3) is 10.0 Å². The number of sulfonamides is 1. The summed E-state index contributed by atoms with van der Waals surface area (Å²) in [6, 6.07) is 10.7. The first-order valence-corrected chi connectivity index (χ1v) is 12.7. The molecule has 0 bridgehead atoms. The van der Waals surface area contributed by atoms with Gasteiger partial charge in [-0.3, -0.25) is 9.82 Å². The number of halogens is 1. The number of thiophene rings is 1. The summed E-state index contributed by atoms with van der Waals surface area (Å²) >= 11 is 1.22. The van der Waals surface area contributed by atoms with Crippen LogP contribution in [-0.2, 0) is 10.0 Å². The number of benzene rings is 2. The van der Waals surface area contributed by atoms with Gasteiger partial charge >= 0.3 is 0 Å². The Labute approximate surface area is 199 Å². The molecule has 0 saturated carbocycles. The van der Waals surface area contributed by atoms with Crippen molar-refractivity contribution in [1.82, 2.24) is 15.5 Å². The van der Waals surface area contributed by atoms with Crippen molar-refractivity contribution in [1.29, 1.82) is 0 Å². The first kappa shape index (κ1) is 24.0. The number of hydrogen-bond acceptors (Lipinski definition) is 8. The normalized spacial score (nSPS) is 12.6. The molecule has 2 aromatic heterocycles. The van der Waals surface area contributed by atoms with Gasteiger partial charge in [-0.15, -0.1) is 5.10 Å². The number of anilines is 1. The fourth-order valence-electron chi connectivity index (χ4n) is 3.25. The second-order valence-corrected chi connectivity index (χ2v) is 9.77. The van der Waals surface area contributed by atoms with Crippen molar-refractivity contribution in [2.24, 2.45) is 0 Å². The van der Waals surface area contributed by atoms with E-state index in [0.717, 1.165) is 17.0 Å². The zero-order valence-electron chi connectivity index (χ0n) is 18.1. The maximum Gasteiger partial charge on any atom is 0.262 e. The minimum atomic E-state index is -3.91. The largest absolute Gasteiger partial charge is 0.492 e. The van der Waals surface area contributed by atoms with Gasteiger partial charge in [0, 0.05) is 24.5 Å². The van der Waals surface area contributed by atoms with Gasteiger partial charge in [0.05, 0.1) is 34.7 Å². The molecule has 12 heteroatoms. The first-order valence-electron chi connectivity index (χ1n) is 10.3. The van der Waals surface area contributed by atoms with Crippen LogP contribution < -0.4 is 19.5 Å². The van der Waals surface area contributed by atoms with Crippen molar-refractivity contribution in [3.05, 3.63) is 64.6 Å². The standard InChI is InChI=1S/C22H23FN4O5S2/c1-31-22-17-4-3-15(11-19(17)25-26-22)32-8-7-24-12-21(28)14-2-5-18(23)20(10-14)27-34(29,30)16-6-9-33-13-16/h2-6,9-11,13,21,24,27-28H,7-8,12H2,1H3,(H,25,26)/t21-/m0/s1. The lowest BCUT2D eigenvalue weighted by Gasteiger charge is -2.15. The summed E-state index contributed by atoms with van der Waals surface area (Å²) in [5.41, 5.74) is 0.938. The molecule has 0 radical (unpaired) electrons. The van der Waals surface area contributed by atoms with E-state index in [9.17, 15) is 17.9 Å². The van der Waals surface area contributed by atoms with Gasteiger partial charge in [-0.1, -0.05) is 6.07 Å². The molecule has 0 spiro atoms. The number of aliphatic hydroxyl groups is 1. The first-order chi connectivity index (χ1) is 16.4. The third-order valence-electron chi connectivity index (χ3n) is 5.00. The van der Waals surface area contributed by atoms with Crippen LogP contribution in [0.15, 0.2) is 58.1 Å². The zero-order chi connectivity index (χ0) is 24.1. The van der Waals surface area contributed by atoms with Gasteiger partial charge < -0.3 is 19.9 Å². The lowest BCUT2D eigenvalue weighted by atomic mass is 10.1. The molecule has 4 aromatic rings. The number of nitrogens with zero attached hydrogens (tertiary/aromatic N) is 1. The maximum atomic E-state index is 14.2. The predicted octanol–water partition coefficient (Wildman–Crippen LogP) is 3.27. The Morgan fingerprint density at radius 3 is 2.85 bits per heavy atom. The lowest BCUT2D eigenvalue weighted by molar-refractivity contribution is 0.172. The molecule has 0 aliphatic heterocycles.